The molecule has 0 heterocycles. The van der Waals surface area contributed by atoms with Gasteiger partial charge in [0.2, 0.25) is 0 Å². The molecule has 0 fully saturated rings. The molecule has 0 rings (SSSR count). The predicted molar refractivity (Wildman–Crippen MR) is 111 cm³/mol. The second kappa shape index (κ2) is 8.63. The molecule has 0 aromatic rings. The van der Waals surface area contributed by atoms with Crippen LogP contribution in [0.15, 0.2) is 0 Å². The zero-order valence-electron chi connectivity index (χ0n) is 19.8. The Morgan fingerprint density at radius 1 is 0.808 bits per heavy atom. The van der Waals surface area contributed by atoms with Crippen molar-refractivity contribution in [1.29, 1.82) is 0 Å². The van der Waals surface area contributed by atoms with E-state index in [2.05, 4.69) is 55.4 Å². The van der Waals surface area contributed by atoms with Crippen LogP contribution in [0, 0.1) is 16.2 Å². The van der Waals surface area contributed by atoms with E-state index in [0.717, 1.165) is 19.3 Å². The van der Waals surface area contributed by atoms with E-state index in [9.17, 15) is 4.79 Å². The van der Waals surface area contributed by atoms with E-state index >= 15 is 0 Å². The molecule has 0 aliphatic rings. The van der Waals surface area contributed by atoms with Crippen molar-refractivity contribution in [3.8, 4) is 0 Å². The first-order valence-electron chi connectivity index (χ1n) is 10.3. The van der Waals surface area contributed by atoms with Crippen LogP contribution < -0.4 is 0 Å². The highest BCUT2D eigenvalue weighted by molar-refractivity contribution is 5.78. The summed E-state index contributed by atoms with van der Waals surface area (Å²) in [4.78, 5) is 13.4. The maximum absolute atomic E-state index is 13.4. The van der Waals surface area contributed by atoms with Crippen LogP contribution in [-0.4, -0.2) is 23.8 Å². The largest absolute Gasteiger partial charge is 0.459 e. The molecule has 0 aliphatic heterocycles. The minimum Gasteiger partial charge on any atom is -0.459 e. The summed E-state index contributed by atoms with van der Waals surface area (Å²) >= 11 is 0. The summed E-state index contributed by atoms with van der Waals surface area (Å²) in [6.45, 7) is 26.1. The molecular weight excluding hydrogens is 324 g/mol. The van der Waals surface area contributed by atoms with Crippen molar-refractivity contribution in [2.75, 3.05) is 6.61 Å². The fourth-order valence-electron chi connectivity index (χ4n) is 3.25. The van der Waals surface area contributed by atoms with Crippen molar-refractivity contribution in [3.63, 3.8) is 0 Å². The second-order valence-electron chi connectivity index (χ2n) is 11.2. The van der Waals surface area contributed by atoms with Gasteiger partial charge in [0.25, 0.3) is 0 Å². The van der Waals surface area contributed by atoms with Gasteiger partial charge in [0, 0.05) is 6.42 Å². The lowest BCUT2D eigenvalue weighted by Gasteiger charge is -2.46. The van der Waals surface area contributed by atoms with Crippen LogP contribution in [0.4, 0.5) is 0 Å². The van der Waals surface area contributed by atoms with Crippen LogP contribution in [0.1, 0.15) is 109 Å². The lowest BCUT2D eigenvalue weighted by molar-refractivity contribution is -0.183. The van der Waals surface area contributed by atoms with Gasteiger partial charge in [-0.2, -0.15) is 0 Å². The predicted octanol–water partition coefficient (Wildman–Crippen LogP) is 6.78. The maximum atomic E-state index is 13.4. The molecule has 156 valence electrons. The Hall–Kier alpha value is -0.570. The monoisotopic (exact) mass is 370 g/mol. The molecular formula is C23H46O3. The molecule has 0 spiro atoms. The third kappa shape index (κ3) is 7.58. The van der Waals surface area contributed by atoms with Crippen LogP contribution in [0.5, 0.6) is 0 Å². The molecule has 3 nitrogen and oxygen atoms in total. The third-order valence-electron chi connectivity index (χ3n) is 5.96. The number of esters is 1. The van der Waals surface area contributed by atoms with E-state index in [1.807, 2.05) is 27.7 Å². The van der Waals surface area contributed by atoms with Gasteiger partial charge in [-0.15, -0.1) is 0 Å². The molecule has 0 saturated carbocycles. The maximum Gasteiger partial charge on any atom is 0.312 e. The Balaban J connectivity index is 5.44. The van der Waals surface area contributed by atoms with E-state index < -0.39 is 11.0 Å². The van der Waals surface area contributed by atoms with E-state index in [1.54, 1.807) is 0 Å². The first kappa shape index (κ1) is 25.4. The fourth-order valence-corrected chi connectivity index (χ4v) is 3.25. The van der Waals surface area contributed by atoms with Crippen LogP contribution in [0.2, 0.25) is 0 Å². The van der Waals surface area contributed by atoms with Crippen molar-refractivity contribution < 1.29 is 14.3 Å². The molecule has 0 aromatic carbocycles. The van der Waals surface area contributed by atoms with Gasteiger partial charge in [-0.1, -0.05) is 48.5 Å². The van der Waals surface area contributed by atoms with E-state index in [1.165, 1.54) is 0 Å². The Morgan fingerprint density at radius 2 is 1.31 bits per heavy atom. The molecule has 0 amide bonds. The summed E-state index contributed by atoms with van der Waals surface area (Å²) in [5, 5.41) is 0. The van der Waals surface area contributed by atoms with E-state index in [0.29, 0.717) is 13.0 Å². The first-order valence-corrected chi connectivity index (χ1v) is 10.3. The van der Waals surface area contributed by atoms with Crippen molar-refractivity contribution in [2.45, 2.75) is 120 Å². The number of hydrogen-bond acceptors (Lipinski definition) is 3. The van der Waals surface area contributed by atoms with Crippen molar-refractivity contribution in [1.82, 2.24) is 0 Å². The molecule has 0 aliphatic carbocycles. The highest BCUT2D eigenvalue weighted by Crippen LogP contribution is 2.50. The van der Waals surface area contributed by atoms with Crippen molar-refractivity contribution in [3.05, 3.63) is 0 Å². The number of carbonyl (C=O) groups excluding carboxylic acids is 1. The number of ether oxygens (including phenoxy) is 2. The summed E-state index contributed by atoms with van der Waals surface area (Å²) in [5.41, 5.74) is -1.28. The summed E-state index contributed by atoms with van der Waals surface area (Å²) in [7, 11) is 0. The minimum atomic E-state index is -0.526. The standard InChI is InChI=1S/C23H46O3/c1-13-21(9,10)23(12,17-19(3,4)5)18(24)26-22(11,14-2)15-16-25-20(6,7)8/h13-17H2,1-12H3. The Kier molecular flexibility index (Phi) is 8.44. The van der Waals surface area contributed by atoms with Crippen LogP contribution in [-0.2, 0) is 14.3 Å². The number of carbonyl (C=O) groups is 1. The highest BCUT2D eigenvalue weighted by atomic mass is 16.6. The van der Waals surface area contributed by atoms with Gasteiger partial charge in [-0.3, -0.25) is 4.79 Å². The molecule has 0 N–H and O–H groups in total. The average Bonchev–Trinajstić information content (AvgIpc) is 2.43. The normalized spacial score (nSPS) is 18.2. The van der Waals surface area contributed by atoms with E-state index in [-0.39, 0.29) is 22.4 Å². The molecule has 2 unspecified atom stereocenters. The van der Waals surface area contributed by atoms with Gasteiger partial charge in [-0.05, 0) is 64.7 Å². The molecule has 0 bridgehead atoms. The van der Waals surface area contributed by atoms with Gasteiger partial charge >= 0.3 is 5.97 Å². The first-order chi connectivity index (χ1) is 11.4. The Morgan fingerprint density at radius 3 is 1.65 bits per heavy atom. The van der Waals surface area contributed by atoms with Gasteiger partial charge in [0.15, 0.2) is 0 Å². The van der Waals surface area contributed by atoms with Gasteiger partial charge in [0.1, 0.15) is 5.60 Å². The summed E-state index contributed by atoms with van der Waals surface area (Å²) < 4.78 is 12.1. The SMILES string of the molecule is CCC(C)(CCOC(C)(C)C)OC(=O)C(C)(CC(C)(C)C)C(C)(C)CC. The zero-order chi connectivity index (χ0) is 21.0. The van der Waals surface area contributed by atoms with Gasteiger partial charge < -0.3 is 9.47 Å². The molecule has 0 saturated heterocycles. The lowest BCUT2D eigenvalue weighted by Crippen LogP contribution is -2.48. The van der Waals surface area contributed by atoms with E-state index in [4.69, 9.17) is 9.47 Å². The smallest absolute Gasteiger partial charge is 0.312 e. The van der Waals surface area contributed by atoms with Crippen LogP contribution >= 0.6 is 0 Å². The van der Waals surface area contributed by atoms with Crippen LogP contribution in [0.3, 0.4) is 0 Å². The lowest BCUT2D eigenvalue weighted by atomic mass is 9.59. The number of rotatable bonds is 9. The fraction of sp³-hybridized carbons (Fsp3) is 0.957. The molecule has 0 radical (unpaired) electrons. The second-order valence-corrected chi connectivity index (χ2v) is 11.2. The third-order valence-corrected chi connectivity index (χ3v) is 5.96. The average molecular weight is 371 g/mol. The Bertz CT molecular complexity index is 453. The van der Waals surface area contributed by atoms with Crippen LogP contribution in [0.25, 0.3) is 0 Å². The summed E-state index contributed by atoms with van der Waals surface area (Å²) in [5.74, 6) is -0.0700. The van der Waals surface area contributed by atoms with Gasteiger partial charge in [0.05, 0.1) is 17.6 Å². The van der Waals surface area contributed by atoms with Gasteiger partial charge in [-0.25, -0.2) is 0 Å². The zero-order valence-corrected chi connectivity index (χ0v) is 19.8. The summed E-state index contributed by atoms with van der Waals surface area (Å²) in [6, 6.07) is 0. The summed E-state index contributed by atoms with van der Waals surface area (Å²) in [6.07, 6.45) is 3.23. The highest BCUT2D eigenvalue weighted by Gasteiger charge is 2.50. The molecule has 3 heteroatoms. The number of hydrogen-bond donors (Lipinski definition) is 0. The molecule has 2 atom stereocenters. The molecule has 0 aromatic heterocycles. The molecule has 26 heavy (non-hydrogen) atoms. The quantitative estimate of drug-likeness (QED) is 0.419. The minimum absolute atomic E-state index is 0.0537. The topological polar surface area (TPSA) is 35.5 Å². The van der Waals surface area contributed by atoms with Crippen molar-refractivity contribution >= 4 is 5.97 Å². The van der Waals surface area contributed by atoms with Crippen molar-refractivity contribution in [2.24, 2.45) is 16.2 Å². The Labute approximate surface area is 163 Å².